The molecule has 0 fully saturated rings. The zero-order valence-electron chi connectivity index (χ0n) is 23.8. The number of halogens is 1. The molecule has 0 unspecified atom stereocenters. The lowest BCUT2D eigenvalue weighted by molar-refractivity contribution is -0.117. The maximum absolute atomic E-state index is 13.3. The minimum atomic E-state index is -0.787. The fraction of sp³-hybridized carbons (Fsp3) is 0.147. The van der Waals surface area contributed by atoms with Crippen LogP contribution >= 0.6 is 23.4 Å². The number of thioether (sulfide) groups is 1. The number of rotatable bonds is 9. The molecule has 4 aromatic carbocycles. The van der Waals surface area contributed by atoms with Crippen molar-refractivity contribution in [3.63, 3.8) is 0 Å². The van der Waals surface area contributed by atoms with Crippen molar-refractivity contribution in [3.8, 4) is 0 Å². The van der Waals surface area contributed by atoms with Gasteiger partial charge >= 0.3 is 0 Å². The van der Waals surface area contributed by atoms with Crippen LogP contribution in [0.15, 0.2) is 108 Å². The zero-order chi connectivity index (χ0) is 30.3. The second-order valence-electron chi connectivity index (χ2n) is 10.2. The Morgan fingerprint density at radius 1 is 0.786 bits per heavy atom. The summed E-state index contributed by atoms with van der Waals surface area (Å²) in [4.78, 5) is 40.1. The van der Waals surface area contributed by atoms with Crippen molar-refractivity contribution in [1.29, 1.82) is 0 Å². The van der Waals surface area contributed by atoms with Crippen LogP contribution in [0.3, 0.4) is 0 Å². The van der Waals surface area contributed by atoms with Gasteiger partial charge in [0, 0.05) is 26.9 Å². The van der Waals surface area contributed by atoms with Gasteiger partial charge in [0.15, 0.2) is 0 Å². The Balaban J connectivity index is 1.46. The molecule has 3 amide bonds. The molecule has 3 N–H and O–H groups in total. The van der Waals surface area contributed by atoms with Crippen LogP contribution < -0.4 is 16.0 Å². The van der Waals surface area contributed by atoms with Gasteiger partial charge in [-0.25, -0.2) is 0 Å². The summed E-state index contributed by atoms with van der Waals surface area (Å²) < 4.78 is -0.787. The van der Waals surface area contributed by atoms with Gasteiger partial charge in [0.05, 0.1) is 4.75 Å². The molecule has 42 heavy (non-hydrogen) atoms. The summed E-state index contributed by atoms with van der Waals surface area (Å²) in [5, 5.41) is 9.18. The number of hydrogen-bond acceptors (Lipinski definition) is 4. The minimum absolute atomic E-state index is 0.111. The molecule has 4 rings (SSSR count). The van der Waals surface area contributed by atoms with Crippen LogP contribution in [0.4, 0.5) is 11.4 Å². The molecule has 214 valence electrons. The molecule has 0 heterocycles. The second kappa shape index (κ2) is 13.6. The van der Waals surface area contributed by atoms with Gasteiger partial charge in [0.2, 0.25) is 5.91 Å². The number of anilines is 2. The predicted octanol–water partition coefficient (Wildman–Crippen LogP) is 7.88. The van der Waals surface area contributed by atoms with E-state index in [4.69, 9.17) is 11.6 Å². The first kappa shape index (κ1) is 30.6. The molecule has 0 radical (unpaired) electrons. The van der Waals surface area contributed by atoms with E-state index in [2.05, 4.69) is 16.0 Å². The summed E-state index contributed by atoms with van der Waals surface area (Å²) in [6.07, 6.45) is 1.64. The van der Waals surface area contributed by atoms with Crippen molar-refractivity contribution in [2.75, 3.05) is 10.6 Å². The Hall–Kier alpha value is -4.33. The first-order chi connectivity index (χ1) is 20.0. The fourth-order valence-electron chi connectivity index (χ4n) is 3.93. The first-order valence-electron chi connectivity index (χ1n) is 13.3. The molecule has 6 nitrogen and oxygen atoms in total. The maximum Gasteiger partial charge on any atom is 0.272 e. The first-order valence-corrected chi connectivity index (χ1v) is 14.5. The number of aryl methyl sites for hydroxylation is 1. The van der Waals surface area contributed by atoms with Crippen molar-refractivity contribution in [2.45, 2.75) is 37.3 Å². The van der Waals surface area contributed by atoms with E-state index in [9.17, 15) is 14.4 Å². The third-order valence-corrected chi connectivity index (χ3v) is 8.08. The van der Waals surface area contributed by atoms with Crippen LogP contribution in [-0.2, 0) is 9.59 Å². The molecule has 4 aromatic rings. The topological polar surface area (TPSA) is 87.3 Å². The SMILES string of the molecule is Cc1ccc(/C=C(\NC(=O)c2ccccc2)C(=O)Nc2ccc(SC(C)(C)C(=O)Nc3cccc(Cl)c3C)cc2)cc1. The average molecular weight is 598 g/mol. The van der Waals surface area contributed by atoms with E-state index in [-0.39, 0.29) is 17.5 Å². The van der Waals surface area contributed by atoms with Gasteiger partial charge in [-0.1, -0.05) is 65.7 Å². The molecule has 0 bridgehead atoms. The lowest BCUT2D eigenvalue weighted by atomic mass is 10.1. The molecule has 0 aromatic heterocycles. The molecular weight excluding hydrogens is 566 g/mol. The molecule has 0 aliphatic heterocycles. The van der Waals surface area contributed by atoms with Crippen molar-refractivity contribution in [1.82, 2.24) is 5.32 Å². The standard InChI is InChI=1S/C34H32ClN3O3S/c1-22-13-15-24(16-14-22)21-30(37-31(39)25-9-6-5-7-10-25)32(40)36-26-17-19-27(20-18-26)42-34(3,4)33(41)38-29-12-8-11-28(35)23(29)2/h5-21H,1-4H3,(H,36,40)(H,37,39)(H,38,41)/b30-21-. The molecule has 0 aliphatic carbocycles. The Kier molecular flexibility index (Phi) is 9.88. The smallest absolute Gasteiger partial charge is 0.272 e. The molecular formula is C34H32ClN3O3S. The lowest BCUT2D eigenvalue weighted by Gasteiger charge is -2.24. The number of benzene rings is 4. The van der Waals surface area contributed by atoms with Gasteiger partial charge in [0.25, 0.3) is 11.8 Å². The highest BCUT2D eigenvalue weighted by Gasteiger charge is 2.29. The molecule has 0 saturated carbocycles. The normalized spacial score (nSPS) is 11.5. The van der Waals surface area contributed by atoms with Crippen LogP contribution in [0, 0.1) is 13.8 Å². The van der Waals surface area contributed by atoms with Crippen molar-refractivity contribution < 1.29 is 14.4 Å². The summed E-state index contributed by atoms with van der Waals surface area (Å²) >= 11 is 7.60. The maximum atomic E-state index is 13.3. The molecule has 0 aliphatic rings. The van der Waals surface area contributed by atoms with Crippen LogP contribution in [0.1, 0.15) is 40.9 Å². The summed E-state index contributed by atoms with van der Waals surface area (Å²) in [6, 6.07) is 29.0. The molecule has 0 spiro atoms. The van der Waals surface area contributed by atoms with E-state index in [1.165, 1.54) is 11.8 Å². The van der Waals surface area contributed by atoms with E-state index in [1.54, 1.807) is 54.6 Å². The zero-order valence-corrected chi connectivity index (χ0v) is 25.4. The third kappa shape index (κ3) is 8.12. The number of nitrogens with one attached hydrogen (secondary N) is 3. The van der Waals surface area contributed by atoms with Crippen molar-refractivity contribution in [2.24, 2.45) is 0 Å². The highest BCUT2D eigenvalue weighted by atomic mass is 35.5. The van der Waals surface area contributed by atoms with E-state index in [0.29, 0.717) is 22.0 Å². The molecule has 0 atom stereocenters. The van der Waals surface area contributed by atoms with Crippen LogP contribution in [-0.4, -0.2) is 22.5 Å². The fourth-order valence-corrected chi connectivity index (χ4v) is 5.11. The largest absolute Gasteiger partial charge is 0.325 e. The summed E-state index contributed by atoms with van der Waals surface area (Å²) in [5.74, 6) is -1.00. The van der Waals surface area contributed by atoms with Gasteiger partial charge in [-0.3, -0.25) is 14.4 Å². The third-order valence-electron chi connectivity index (χ3n) is 6.47. The summed E-state index contributed by atoms with van der Waals surface area (Å²) in [5.41, 5.74) is 4.45. The minimum Gasteiger partial charge on any atom is -0.325 e. The number of carbonyl (C=O) groups excluding carboxylic acids is 3. The lowest BCUT2D eigenvalue weighted by Crippen LogP contribution is -2.34. The predicted molar refractivity (Wildman–Crippen MR) is 173 cm³/mol. The number of hydrogen-bond donors (Lipinski definition) is 3. The Morgan fingerprint density at radius 2 is 1.45 bits per heavy atom. The second-order valence-corrected chi connectivity index (χ2v) is 12.3. The van der Waals surface area contributed by atoms with Gasteiger partial charge in [-0.2, -0.15) is 0 Å². The monoisotopic (exact) mass is 597 g/mol. The highest BCUT2D eigenvalue weighted by molar-refractivity contribution is 8.01. The molecule has 8 heteroatoms. The Labute approximate surface area is 255 Å². The van der Waals surface area contributed by atoms with E-state index in [0.717, 1.165) is 21.6 Å². The quantitative estimate of drug-likeness (QED) is 0.135. The Bertz CT molecular complexity index is 1620. The van der Waals surface area contributed by atoms with Gasteiger partial charge in [-0.15, -0.1) is 11.8 Å². The van der Waals surface area contributed by atoms with Crippen molar-refractivity contribution >= 4 is 58.5 Å². The molecule has 0 saturated heterocycles. The Morgan fingerprint density at radius 3 is 2.12 bits per heavy atom. The van der Waals surface area contributed by atoms with E-state index < -0.39 is 10.7 Å². The van der Waals surface area contributed by atoms with Gasteiger partial charge in [0.1, 0.15) is 5.70 Å². The summed E-state index contributed by atoms with van der Waals surface area (Å²) in [6.45, 7) is 7.54. The van der Waals surface area contributed by atoms with Gasteiger partial charge in [-0.05, 0) is 93.4 Å². The van der Waals surface area contributed by atoms with E-state index >= 15 is 0 Å². The highest BCUT2D eigenvalue weighted by Crippen LogP contribution is 2.35. The van der Waals surface area contributed by atoms with Gasteiger partial charge < -0.3 is 16.0 Å². The van der Waals surface area contributed by atoms with Crippen LogP contribution in [0.5, 0.6) is 0 Å². The summed E-state index contributed by atoms with van der Waals surface area (Å²) in [7, 11) is 0. The van der Waals surface area contributed by atoms with E-state index in [1.807, 2.05) is 76.2 Å². The average Bonchev–Trinajstić information content (AvgIpc) is 2.97. The van der Waals surface area contributed by atoms with Crippen molar-refractivity contribution in [3.05, 3.63) is 130 Å². The number of carbonyl (C=O) groups is 3. The van der Waals surface area contributed by atoms with Crippen LogP contribution in [0.2, 0.25) is 5.02 Å². The number of amides is 3. The van der Waals surface area contributed by atoms with Crippen LogP contribution in [0.25, 0.3) is 6.08 Å².